The van der Waals surface area contributed by atoms with Crippen LogP contribution < -0.4 is 0 Å². The summed E-state index contributed by atoms with van der Waals surface area (Å²) in [6, 6.07) is 0. The van der Waals surface area contributed by atoms with Gasteiger partial charge in [-0.3, -0.25) is 0 Å². The number of cyclic esters (lactones) is 1. The maximum Gasteiger partial charge on any atom is 0.342 e. The van der Waals surface area contributed by atoms with Crippen molar-refractivity contribution in [2.75, 3.05) is 7.11 Å². The van der Waals surface area contributed by atoms with Crippen molar-refractivity contribution in [3.05, 3.63) is 35.3 Å². The number of methoxy groups -OCH3 is 1. The second-order valence-corrected chi connectivity index (χ2v) is 4.43. The minimum absolute atomic E-state index is 0.0712. The molecule has 0 fully saturated rings. The molecule has 1 aliphatic heterocycles. The first-order valence-electron chi connectivity index (χ1n) is 6.57. The molecule has 4 nitrogen and oxygen atoms in total. The number of rotatable bonds is 1. The highest BCUT2D eigenvalue weighted by atomic mass is 16.6. The maximum atomic E-state index is 12.0. The molecule has 0 N–H and O–H groups in total. The van der Waals surface area contributed by atoms with Crippen LogP contribution in [0.3, 0.4) is 0 Å². The lowest BCUT2D eigenvalue weighted by Crippen LogP contribution is -2.26. The molecule has 1 heterocycles. The van der Waals surface area contributed by atoms with E-state index in [9.17, 15) is 4.79 Å². The Labute approximate surface area is 108 Å². The predicted octanol–water partition coefficient (Wildman–Crippen LogP) is 2.47. The summed E-state index contributed by atoms with van der Waals surface area (Å²) in [5.41, 5.74) is 0.336. The Bertz CT molecular complexity index is 464. The van der Waals surface area contributed by atoms with Crippen LogP contribution in [0.15, 0.2) is 35.3 Å². The maximum absolute atomic E-state index is 12.0. The van der Waals surface area contributed by atoms with Gasteiger partial charge in [-0.05, 0) is 19.9 Å². The number of allylic oxidation sites excluding steroid dienone is 2. The van der Waals surface area contributed by atoms with E-state index in [0.717, 1.165) is 0 Å². The monoisotopic (exact) mass is 251 g/mol. The first kappa shape index (κ1) is 11.4. The summed E-state index contributed by atoms with van der Waals surface area (Å²) in [5, 5.41) is 0. The fourth-order valence-corrected chi connectivity index (χ4v) is 2.00. The summed E-state index contributed by atoms with van der Waals surface area (Å²) in [4.78, 5) is 12.0. The minimum Gasteiger partial charge on any atom is -0.501 e. The summed E-state index contributed by atoms with van der Waals surface area (Å²) in [7, 11) is 1.50. The van der Waals surface area contributed by atoms with Crippen LogP contribution >= 0.6 is 0 Å². The fraction of sp³-hybridized carbons (Fsp3) is 0.500. The summed E-state index contributed by atoms with van der Waals surface area (Å²) >= 11 is 0. The molecule has 98 valence electrons. The molecule has 0 bridgehead atoms. The van der Waals surface area contributed by atoms with Crippen LogP contribution in [0.25, 0.3) is 0 Å². The first-order chi connectivity index (χ1) is 9.01. The van der Waals surface area contributed by atoms with Gasteiger partial charge in [0.05, 0.1) is 13.2 Å². The molecule has 4 heteroatoms. The van der Waals surface area contributed by atoms with E-state index in [1.165, 1.54) is 7.11 Å². The SMILES string of the molecule is [2H][C@H]1C=CC2=C(C=C1OC)O[C@@H](C)C[C@@H](C)OC2=O. The van der Waals surface area contributed by atoms with Crippen molar-refractivity contribution in [3.63, 3.8) is 0 Å². The van der Waals surface area contributed by atoms with Crippen LogP contribution in [-0.4, -0.2) is 25.3 Å². The van der Waals surface area contributed by atoms with Gasteiger partial charge in [-0.1, -0.05) is 6.08 Å². The number of carbonyl (C=O) groups excluding carboxylic acids is 1. The van der Waals surface area contributed by atoms with Gasteiger partial charge in [0.15, 0.2) is 0 Å². The topological polar surface area (TPSA) is 44.8 Å². The molecular weight excluding hydrogens is 232 g/mol. The molecule has 0 saturated heterocycles. The van der Waals surface area contributed by atoms with Crippen molar-refractivity contribution in [1.82, 2.24) is 0 Å². The van der Waals surface area contributed by atoms with E-state index in [4.69, 9.17) is 15.6 Å². The van der Waals surface area contributed by atoms with E-state index in [1.54, 1.807) is 18.2 Å². The highest BCUT2D eigenvalue weighted by Gasteiger charge is 2.25. The van der Waals surface area contributed by atoms with E-state index in [-0.39, 0.29) is 12.2 Å². The largest absolute Gasteiger partial charge is 0.501 e. The van der Waals surface area contributed by atoms with Gasteiger partial charge in [0.1, 0.15) is 23.2 Å². The van der Waals surface area contributed by atoms with E-state index in [1.807, 2.05) is 13.8 Å². The van der Waals surface area contributed by atoms with Gasteiger partial charge in [0, 0.05) is 20.3 Å². The first-order valence-corrected chi connectivity index (χ1v) is 5.99. The highest BCUT2D eigenvalue weighted by Crippen LogP contribution is 2.25. The third-order valence-corrected chi connectivity index (χ3v) is 2.82. The Morgan fingerprint density at radius 1 is 1.39 bits per heavy atom. The Balaban J connectivity index is 2.44. The fourth-order valence-electron chi connectivity index (χ4n) is 2.00. The zero-order valence-corrected chi connectivity index (χ0v) is 10.8. The number of hydrogen-bond donors (Lipinski definition) is 0. The summed E-state index contributed by atoms with van der Waals surface area (Å²) in [5.74, 6) is 0.425. The van der Waals surface area contributed by atoms with E-state index < -0.39 is 12.4 Å². The number of hydrogen-bond acceptors (Lipinski definition) is 4. The molecular formula is C14H18O4. The van der Waals surface area contributed by atoms with Crippen molar-refractivity contribution in [2.45, 2.75) is 38.9 Å². The van der Waals surface area contributed by atoms with Crippen LogP contribution in [0.1, 0.15) is 28.0 Å². The Morgan fingerprint density at radius 2 is 2.11 bits per heavy atom. The molecule has 0 aromatic rings. The average molecular weight is 251 g/mol. The molecule has 0 amide bonds. The molecule has 0 unspecified atom stereocenters. The quantitative estimate of drug-likeness (QED) is 0.672. The van der Waals surface area contributed by atoms with Gasteiger partial charge >= 0.3 is 5.97 Å². The van der Waals surface area contributed by atoms with Crippen molar-refractivity contribution in [2.24, 2.45) is 0 Å². The van der Waals surface area contributed by atoms with E-state index in [2.05, 4.69) is 0 Å². The van der Waals surface area contributed by atoms with Crippen molar-refractivity contribution in [3.8, 4) is 0 Å². The standard InChI is InChI=1S/C14H18O4/c1-9-7-10(2)18-14(15)12-6-4-5-11(16-3)8-13(12)17-9/h4,6,8-10H,5,7H2,1-3H3/t9-,10+/m0/s1/i5D/t5-,9-,10+. The predicted molar refractivity (Wildman–Crippen MR) is 66.6 cm³/mol. The number of esters is 1. The lowest BCUT2D eigenvalue weighted by Gasteiger charge is -2.24. The zero-order valence-electron chi connectivity index (χ0n) is 11.8. The molecule has 0 saturated carbocycles. The lowest BCUT2D eigenvalue weighted by atomic mass is 10.1. The molecule has 0 aromatic heterocycles. The molecule has 2 rings (SSSR count). The van der Waals surface area contributed by atoms with Gasteiger partial charge < -0.3 is 14.2 Å². The molecule has 0 aromatic carbocycles. The molecule has 18 heavy (non-hydrogen) atoms. The molecule has 3 atom stereocenters. The Kier molecular flexibility index (Phi) is 3.35. The van der Waals surface area contributed by atoms with Crippen LogP contribution in [0.5, 0.6) is 0 Å². The van der Waals surface area contributed by atoms with Crippen molar-refractivity contribution in [1.29, 1.82) is 0 Å². The normalized spacial score (nSPS) is 33.1. The third kappa shape index (κ3) is 2.75. The summed E-state index contributed by atoms with van der Waals surface area (Å²) < 4.78 is 24.1. The molecule has 2 aliphatic rings. The highest BCUT2D eigenvalue weighted by molar-refractivity contribution is 5.93. The van der Waals surface area contributed by atoms with Gasteiger partial charge in [-0.25, -0.2) is 4.79 Å². The minimum atomic E-state index is -0.651. The van der Waals surface area contributed by atoms with Crippen molar-refractivity contribution >= 4 is 5.97 Å². The molecule has 0 spiro atoms. The Hall–Kier alpha value is -1.71. The average Bonchev–Trinajstić information content (AvgIpc) is 2.47. The van der Waals surface area contributed by atoms with Gasteiger partial charge in [-0.2, -0.15) is 0 Å². The number of ether oxygens (including phenoxy) is 3. The van der Waals surface area contributed by atoms with Gasteiger partial charge in [0.2, 0.25) is 0 Å². The van der Waals surface area contributed by atoms with Crippen molar-refractivity contribution < 1.29 is 20.4 Å². The second-order valence-electron chi connectivity index (χ2n) is 4.43. The van der Waals surface area contributed by atoms with Crippen LogP contribution in [-0.2, 0) is 19.0 Å². The smallest absolute Gasteiger partial charge is 0.342 e. The van der Waals surface area contributed by atoms with Gasteiger partial charge in [-0.15, -0.1) is 0 Å². The molecule has 0 radical (unpaired) electrons. The van der Waals surface area contributed by atoms with Crippen LogP contribution in [0.2, 0.25) is 0 Å². The third-order valence-electron chi connectivity index (χ3n) is 2.82. The Morgan fingerprint density at radius 3 is 2.83 bits per heavy atom. The second kappa shape index (κ2) is 5.29. The summed E-state index contributed by atoms with van der Waals surface area (Å²) in [6.45, 7) is 3.76. The van der Waals surface area contributed by atoms with Gasteiger partial charge in [0.25, 0.3) is 0 Å². The van der Waals surface area contributed by atoms with Crippen LogP contribution in [0, 0.1) is 0 Å². The lowest BCUT2D eigenvalue weighted by molar-refractivity contribution is -0.145. The molecule has 1 aliphatic carbocycles. The van der Waals surface area contributed by atoms with Crippen LogP contribution in [0.4, 0.5) is 0 Å². The summed E-state index contributed by atoms with van der Waals surface area (Å²) in [6.07, 6.45) is 4.47. The zero-order chi connectivity index (χ0) is 14.0. The van der Waals surface area contributed by atoms with E-state index >= 15 is 0 Å². The van der Waals surface area contributed by atoms with E-state index in [0.29, 0.717) is 23.5 Å². The number of carbonyl (C=O) groups is 1.